The number of phenols is 1. The number of hydrogen-bond donors (Lipinski definition) is 4. The summed E-state index contributed by atoms with van der Waals surface area (Å²) in [6, 6.07) is 1.49. The van der Waals surface area contributed by atoms with Gasteiger partial charge in [0.1, 0.15) is 11.6 Å². The van der Waals surface area contributed by atoms with Gasteiger partial charge in [-0.05, 0) is 18.6 Å². The van der Waals surface area contributed by atoms with Gasteiger partial charge in [-0.25, -0.2) is 8.78 Å². The Hall–Kier alpha value is -2.19. The minimum Gasteiger partial charge on any atom is -0.505 e. The molecule has 0 aliphatic carbocycles. The Labute approximate surface area is 138 Å². The quantitative estimate of drug-likeness (QED) is 0.377. The Kier molecular flexibility index (Phi) is 7.82. The van der Waals surface area contributed by atoms with Crippen LogP contribution in [0.5, 0.6) is 11.5 Å². The van der Waals surface area contributed by atoms with Crippen molar-refractivity contribution in [2.24, 2.45) is 0 Å². The van der Waals surface area contributed by atoms with Crippen molar-refractivity contribution in [3.63, 3.8) is 0 Å². The number of anilines is 1. The molecule has 8 heteroatoms. The Morgan fingerprint density at radius 3 is 1.96 bits per heavy atom. The zero-order valence-corrected chi connectivity index (χ0v) is 14.1. The molecule has 0 aliphatic heterocycles. The second-order valence-corrected chi connectivity index (χ2v) is 4.18. The molecule has 2 aromatic carbocycles. The van der Waals surface area contributed by atoms with Crippen molar-refractivity contribution >= 4 is 16.5 Å². The Bertz CT molecular complexity index is 700. The summed E-state index contributed by atoms with van der Waals surface area (Å²) in [6.45, 7) is 9.37. The molecule has 0 aliphatic rings. The molecule has 0 unspecified atom stereocenters. The van der Waals surface area contributed by atoms with Gasteiger partial charge in [-0.15, -0.1) is 4.39 Å². The monoisotopic (exact) mass is 349 g/mol. The van der Waals surface area contributed by atoms with Crippen LogP contribution in [0.15, 0.2) is 12.1 Å². The van der Waals surface area contributed by atoms with Crippen molar-refractivity contribution in [2.75, 3.05) is 5.73 Å². The second kappa shape index (κ2) is 8.60. The van der Waals surface area contributed by atoms with Crippen LogP contribution in [-0.4, -0.2) is 21.5 Å². The highest BCUT2D eigenvalue weighted by Gasteiger charge is 2.29. The molecule has 2 aromatic rings. The van der Waals surface area contributed by atoms with Crippen molar-refractivity contribution in [3.05, 3.63) is 29.3 Å². The first-order chi connectivity index (χ1) is 11.1. The van der Waals surface area contributed by atoms with Crippen molar-refractivity contribution in [2.45, 2.75) is 40.8 Å². The zero-order chi connectivity index (χ0) is 19.2. The molecule has 0 saturated carbocycles. The molecule has 0 aromatic heterocycles. The van der Waals surface area contributed by atoms with Crippen LogP contribution in [0.4, 0.5) is 18.9 Å². The summed E-state index contributed by atoms with van der Waals surface area (Å²) in [5.41, 5.74) is 5.42. The van der Waals surface area contributed by atoms with Gasteiger partial charge in [0.05, 0.1) is 11.1 Å². The van der Waals surface area contributed by atoms with Crippen LogP contribution in [0.25, 0.3) is 10.8 Å². The SMILES string of the molecule is CC.CC.Cc1cc(N)c(O)c2c(F)cc(F)c(OC(O)(O)F)c12. The molecular formula is C16H22F3NO4. The number of phenolic OH excluding ortho intramolecular Hbond substituents is 1. The van der Waals surface area contributed by atoms with E-state index in [9.17, 15) is 18.3 Å². The van der Waals surface area contributed by atoms with Crippen LogP contribution in [0.1, 0.15) is 33.3 Å². The molecule has 2 rings (SSSR count). The van der Waals surface area contributed by atoms with Crippen LogP contribution in [-0.2, 0) is 0 Å². The molecule has 0 radical (unpaired) electrons. The number of rotatable bonds is 2. The number of benzene rings is 2. The third-order valence-corrected chi connectivity index (χ3v) is 2.69. The topological polar surface area (TPSA) is 95.9 Å². The van der Waals surface area contributed by atoms with Crippen LogP contribution in [0.3, 0.4) is 0 Å². The van der Waals surface area contributed by atoms with Gasteiger partial charge in [-0.2, -0.15) is 0 Å². The maximum atomic E-state index is 13.8. The number of aromatic hydroxyl groups is 1. The summed E-state index contributed by atoms with van der Waals surface area (Å²) in [4.78, 5) is 0. The molecule has 0 bridgehead atoms. The number of nitrogen functional groups attached to an aromatic ring is 1. The molecule has 136 valence electrons. The maximum absolute atomic E-state index is 13.8. The van der Waals surface area contributed by atoms with E-state index in [1.807, 2.05) is 27.7 Å². The molecule has 0 saturated heterocycles. The Morgan fingerprint density at radius 2 is 1.50 bits per heavy atom. The minimum absolute atomic E-state index is 0.146. The minimum atomic E-state index is -4.16. The molecule has 0 amide bonds. The van der Waals surface area contributed by atoms with E-state index in [-0.39, 0.29) is 16.6 Å². The number of aliphatic hydroxyl groups is 2. The molecule has 24 heavy (non-hydrogen) atoms. The van der Waals surface area contributed by atoms with E-state index >= 15 is 0 Å². The summed E-state index contributed by atoms with van der Waals surface area (Å²) in [5.74, 6) is -4.17. The average Bonchev–Trinajstić information content (AvgIpc) is 2.50. The van der Waals surface area contributed by atoms with E-state index in [2.05, 4.69) is 4.74 Å². The Balaban J connectivity index is 0.00000123. The third-order valence-electron chi connectivity index (χ3n) is 2.69. The van der Waals surface area contributed by atoms with Gasteiger partial charge in [0.2, 0.25) is 0 Å². The predicted octanol–water partition coefficient (Wildman–Crippen LogP) is 3.71. The van der Waals surface area contributed by atoms with Crippen LogP contribution in [0.2, 0.25) is 0 Å². The molecule has 0 spiro atoms. The molecule has 5 nitrogen and oxygen atoms in total. The summed E-state index contributed by atoms with van der Waals surface area (Å²) in [6.07, 6.45) is -4.16. The fourth-order valence-electron chi connectivity index (χ4n) is 1.96. The summed E-state index contributed by atoms with van der Waals surface area (Å²) >= 11 is 0. The number of fused-ring (bicyclic) bond motifs is 1. The number of aryl methyl sites for hydroxylation is 1. The van der Waals surface area contributed by atoms with Gasteiger partial charge in [0.15, 0.2) is 11.6 Å². The fraction of sp³-hybridized carbons (Fsp3) is 0.375. The number of ether oxygens (including phenoxy) is 1. The standard InChI is InChI=1S/C12H10F3NO4.2C2H6/c1-4-2-7(16)10(17)9-5(13)3-6(14)11(8(4)9)20-12(15,18)19;2*1-2/h2-3,17-19H,16H2,1H3;2*1-2H3. The smallest absolute Gasteiger partial charge is 0.492 e. The molecule has 0 heterocycles. The van der Waals surface area contributed by atoms with Crippen molar-refractivity contribution in [3.8, 4) is 11.5 Å². The largest absolute Gasteiger partial charge is 0.505 e. The van der Waals surface area contributed by atoms with Gasteiger partial charge >= 0.3 is 6.23 Å². The summed E-state index contributed by atoms with van der Waals surface area (Å²) < 4.78 is 44.2. The van der Waals surface area contributed by atoms with Crippen LogP contribution < -0.4 is 10.5 Å². The van der Waals surface area contributed by atoms with E-state index in [4.69, 9.17) is 15.9 Å². The number of alkyl halides is 1. The summed E-state index contributed by atoms with van der Waals surface area (Å²) in [5, 5.41) is 26.0. The maximum Gasteiger partial charge on any atom is 0.492 e. The first kappa shape index (κ1) is 21.8. The van der Waals surface area contributed by atoms with Crippen LogP contribution >= 0.6 is 0 Å². The molecule has 0 atom stereocenters. The van der Waals surface area contributed by atoms with Crippen LogP contribution in [0, 0.1) is 18.6 Å². The number of nitrogens with two attached hydrogens (primary N) is 1. The molecule has 0 fully saturated rings. The lowest BCUT2D eigenvalue weighted by Gasteiger charge is -2.18. The van der Waals surface area contributed by atoms with Gasteiger partial charge in [0.25, 0.3) is 0 Å². The number of halogens is 3. The van der Waals surface area contributed by atoms with Gasteiger partial charge in [-0.3, -0.25) is 0 Å². The fourth-order valence-corrected chi connectivity index (χ4v) is 1.96. The van der Waals surface area contributed by atoms with E-state index in [0.717, 1.165) is 0 Å². The lowest BCUT2D eigenvalue weighted by molar-refractivity contribution is -0.375. The highest BCUT2D eigenvalue weighted by molar-refractivity contribution is 5.99. The lowest BCUT2D eigenvalue weighted by Crippen LogP contribution is -2.29. The lowest BCUT2D eigenvalue weighted by atomic mass is 10.0. The van der Waals surface area contributed by atoms with Gasteiger partial charge in [0, 0.05) is 11.5 Å². The van der Waals surface area contributed by atoms with Gasteiger partial charge < -0.3 is 25.8 Å². The second-order valence-electron chi connectivity index (χ2n) is 4.18. The first-order valence-electron chi connectivity index (χ1n) is 7.34. The van der Waals surface area contributed by atoms with Crippen molar-refractivity contribution in [1.82, 2.24) is 0 Å². The summed E-state index contributed by atoms with van der Waals surface area (Å²) in [7, 11) is 0. The number of hydrogen-bond acceptors (Lipinski definition) is 5. The molecular weight excluding hydrogens is 327 g/mol. The van der Waals surface area contributed by atoms with Gasteiger partial charge in [-0.1, -0.05) is 27.7 Å². The highest BCUT2D eigenvalue weighted by Crippen LogP contribution is 2.42. The third kappa shape index (κ3) is 4.65. The van der Waals surface area contributed by atoms with E-state index in [1.165, 1.54) is 13.0 Å². The normalized spacial score (nSPS) is 10.4. The van der Waals surface area contributed by atoms with E-state index in [1.54, 1.807) is 0 Å². The first-order valence-corrected chi connectivity index (χ1v) is 7.34. The van der Waals surface area contributed by atoms with Crippen molar-refractivity contribution in [1.29, 1.82) is 0 Å². The van der Waals surface area contributed by atoms with E-state index in [0.29, 0.717) is 6.07 Å². The highest BCUT2D eigenvalue weighted by atomic mass is 19.2. The predicted molar refractivity (Wildman–Crippen MR) is 86.3 cm³/mol. The average molecular weight is 349 g/mol. The Morgan fingerprint density at radius 1 is 1.00 bits per heavy atom. The van der Waals surface area contributed by atoms with E-state index < -0.39 is 34.7 Å². The van der Waals surface area contributed by atoms with Crippen molar-refractivity contribution < 1.29 is 33.2 Å². The molecule has 5 N–H and O–H groups in total. The zero-order valence-electron chi connectivity index (χ0n) is 14.1.